The Bertz CT molecular complexity index is 1150. The summed E-state index contributed by atoms with van der Waals surface area (Å²) in [7, 11) is 1.55. The molecule has 0 saturated carbocycles. The van der Waals surface area contributed by atoms with Crippen LogP contribution in [0.4, 0.5) is 5.95 Å². The van der Waals surface area contributed by atoms with Crippen molar-refractivity contribution in [3.8, 4) is 0 Å². The van der Waals surface area contributed by atoms with Crippen molar-refractivity contribution < 1.29 is 0 Å². The predicted octanol–water partition coefficient (Wildman–Crippen LogP) is 2.11. The van der Waals surface area contributed by atoms with Crippen molar-refractivity contribution in [1.82, 2.24) is 19.1 Å². The van der Waals surface area contributed by atoms with E-state index in [0.29, 0.717) is 12.5 Å². The molecule has 0 amide bonds. The van der Waals surface area contributed by atoms with Gasteiger partial charge in [0.25, 0.3) is 5.56 Å². The lowest BCUT2D eigenvalue weighted by atomic mass is 10.2. The summed E-state index contributed by atoms with van der Waals surface area (Å²) >= 11 is 0. The van der Waals surface area contributed by atoms with Crippen molar-refractivity contribution >= 4 is 28.9 Å². The number of anilines is 1. The van der Waals surface area contributed by atoms with Gasteiger partial charge in [-0.1, -0.05) is 42.5 Å². The van der Waals surface area contributed by atoms with Crippen LogP contribution in [0.1, 0.15) is 12.5 Å². The van der Waals surface area contributed by atoms with Gasteiger partial charge in [-0.15, -0.1) is 6.58 Å². The Hall–Kier alpha value is -3.68. The highest BCUT2D eigenvalue weighted by molar-refractivity contribution is 5.96. The molecule has 138 valence electrons. The highest BCUT2D eigenvalue weighted by Crippen LogP contribution is 2.15. The Kier molecular flexibility index (Phi) is 5.16. The molecule has 3 aromatic rings. The van der Waals surface area contributed by atoms with Crippen molar-refractivity contribution in [2.24, 2.45) is 12.1 Å². The first kappa shape index (κ1) is 18.1. The highest BCUT2D eigenvalue weighted by Gasteiger charge is 2.16. The van der Waals surface area contributed by atoms with Crippen LogP contribution in [0, 0.1) is 0 Å². The van der Waals surface area contributed by atoms with E-state index >= 15 is 0 Å². The monoisotopic (exact) mass is 364 g/mol. The molecule has 27 heavy (non-hydrogen) atoms. The predicted molar refractivity (Wildman–Crippen MR) is 108 cm³/mol. The minimum atomic E-state index is -0.521. The second-order valence-corrected chi connectivity index (χ2v) is 5.93. The van der Waals surface area contributed by atoms with Crippen LogP contribution in [-0.2, 0) is 13.6 Å². The normalized spacial score (nSPS) is 12.0. The number of imidazole rings is 1. The van der Waals surface area contributed by atoms with Gasteiger partial charge in [0.15, 0.2) is 11.2 Å². The van der Waals surface area contributed by atoms with E-state index in [1.54, 1.807) is 17.7 Å². The molecule has 8 heteroatoms. The summed E-state index contributed by atoms with van der Waals surface area (Å²) in [5.74, 6) is 0.351. The lowest BCUT2D eigenvalue weighted by Crippen LogP contribution is -2.29. The average molecular weight is 364 g/mol. The molecule has 8 nitrogen and oxygen atoms in total. The smallest absolute Gasteiger partial charge is 0.299 e. The summed E-state index contributed by atoms with van der Waals surface area (Å²) in [6.07, 6.45) is 5.45. The molecular formula is C19H20N6O2. The highest BCUT2D eigenvalue weighted by atomic mass is 16.2. The average Bonchev–Trinajstić information content (AvgIpc) is 3.03. The number of hydrogen-bond donors (Lipinski definition) is 2. The molecule has 2 N–H and O–H groups in total. The van der Waals surface area contributed by atoms with Crippen LogP contribution < -0.4 is 16.7 Å². The molecule has 0 aliphatic carbocycles. The maximum Gasteiger partial charge on any atom is 0.329 e. The van der Waals surface area contributed by atoms with E-state index in [4.69, 9.17) is 0 Å². The summed E-state index contributed by atoms with van der Waals surface area (Å²) in [5, 5.41) is 4.29. The van der Waals surface area contributed by atoms with E-state index in [1.807, 2.05) is 49.4 Å². The number of H-pyrrole nitrogens is 1. The van der Waals surface area contributed by atoms with Gasteiger partial charge in [-0.3, -0.25) is 18.9 Å². The Balaban J connectivity index is 1.95. The summed E-state index contributed by atoms with van der Waals surface area (Å²) in [5.41, 5.74) is 4.20. The fourth-order valence-corrected chi connectivity index (χ4v) is 2.58. The van der Waals surface area contributed by atoms with Crippen LogP contribution in [0.2, 0.25) is 0 Å². The maximum absolute atomic E-state index is 12.2. The van der Waals surface area contributed by atoms with Crippen molar-refractivity contribution in [2.45, 2.75) is 13.5 Å². The molecule has 0 saturated heterocycles. The zero-order valence-corrected chi connectivity index (χ0v) is 15.1. The van der Waals surface area contributed by atoms with Crippen molar-refractivity contribution in [2.75, 3.05) is 5.43 Å². The van der Waals surface area contributed by atoms with Crippen molar-refractivity contribution in [3.63, 3.8) is 0 Å². The number of rotatable bonds is 6. The topological polar surface area (TPSA) is 97.1 Å². The lowest BCUT2D eigenvalue weighted by molar-refractivity contribution is 0.819. The van der Waals surface area contributed by atoms with E-state index in [1.165, 1.54) is 4.57 Å². The molecule has 0 bridgehead atoms. The minimum absolute atomic E-state index is 0.279. The molecule has 0 fully saturated rings. The Morgan fingerprint density at radius 3 is 2.78 bits per heavy atom. The molecule has 3 rings (SSSR count). The van der Waals surface area contributed by atoms with E-state index < -0.39 is 11.2 Å². The van der Waals surface area contributed by atoms with Gasteiger partial charge in [-0.25, -0.2) is 10.2 Å². The fourth-order valence-electron chi connectivity index (χ4n) is 2.58. The van der Waals surface area contributed by atoms with E-state index in [9.17, 15) is 9.59 Å². The third-order valence-electron chi connectivity index (χ3n) is 3.97. The van der Waals surface area contributed by atoms with Crippen LogP contribution in [0.25, 0.3) is 17.2 Å². The first-order valence-electron chi connectivity index (χ1n) is 8.35. The number of fused-ring (bicyclic) bond motifs is 1. The number of aromatic nitrogens is 4. The quantitative estimate of drug-likeness (QED) is 0.398. The van der Waals surface area contributed by atoms with E-state index in [-0.39, 0.29) is 11.2 Å². The SMILES string of the molecule is C=CCn1c(N/N=C(C)/C=C\c2ccccc2)nc2c1c(=O)[nH]c(=O)n2C. The molecule has 1 aromatic carbocycles. The summed E-state index contributed by atoms with van der Waals surface area (Å²) in [6, 6.07) is 9.87. The molecule has 0 spiro atoms. The van der Waals surface area contributed by atoms with Gasteiger partial charge in [0.1, 0.15) is 0 Å². The zero-order valence-electron chi connectivity index (χ0n) is 15.1. The summed E-state index contributed by atoms with van der Waals surface area (Å²) in [6.45, 7) is 5.89. The van der Waals surface area contributed by atoms with Crippen molar-refractivity contribution in [1.29, 1.82) is 0 Å². The molecule has 0 aliphatic rings. The van der Waals surface area contributed by atoms with Gasteiger partial charge in [-0.2, -0.15) is 10.1 Å². The van der Waals surface area contributed by atoms with Crippen LogP contribution in [-0.4, -0.2) is 24.8 Å². The molecule has 0 unspecified atom stereocenters. The number of hydrogen-bond acceptors (Lipinski definition) is 5. The third-order valence-corrected chi connectivity index (χ3v) is 3.97. The van der Waals surface area contributed by atoms with Gasteiger partial charge in [0.05, 0.1) is 5.71 Å². The van der Waals surface area contributed by atoms with Gasteiger partial charge < -0.3 is 0 Å². The maximum atomic E-state index is 12.2. The lowest BCUT2D eigenvalue weighted by Gasteiger charge is -2.05. The number of benzene rings is 1. The number of allylic oxidation sites excluding steroid dienone is 2. The number of nitrogens with zero attached hydrogens (tertiary/aromatic N) is 4. The molecule has 0 aliphatic heterocycles. The fraction of sp³-hybridized carbons (Fsp3) is 0.158. The molecule has 0 radical (unpaired) electrons. The second kappa shape index (κ2) is 7.69. The van der Waals surface area contributed by atoms with Crippen molar-refractivity contribution in [3.05, 3.63) is 75.5 Å². The number of nitrogens with one attached hydrogen (secondary N) is 2. The van der Waals surface area contributed by atoms with Gasteiger partial charge in [0.2, 0.25) is 5.95 Å². The first-order chi connectivity index (χ1) is 13.0. The van der Waals surface area contributed by atoms with Gasteiger partial charge >= 0.3 is 5.69 Å². The van der Waals surface area contributed by atoms with Crippen LogP contribution in [0.15, 0.2) is 63.8 Å². The van der Waals surface area contributed by atoms with Crippen LogP contribution in [0.3, 0.4) is 0 Å². The standard InChI is InChI=1S/C19H20N6O2/c1-4-12-25-15-16(24(3)19(27)21-17(15)26)20-18(25)23-22-13(2)10-11-14-8-6-5-7-9-14/h4-11H,1,12H2,2-3H3,(H,20,23)(H,21,26,27)/b11-10-,22-13+. The van der Waals surface area contributed by atoms with Gasteiger partial charge in [-0.05, 0) is 18.6 Å². The summed E-state index contributed by atoms with van der Waals surface area (Å²) in [4.78, 5) is 30.7. The Labute approximate surface area is 155 Å². The molecule has 2 heterocycles. The Morgan fingerprint density at radius 1 is 1.33 bits per heavy atom. The summed E-state index contributed by atoms with van der Waals surface area (Å²) < 4.78 is 2.91. The largest absolute Gasteiger partial charge is 0.329 e. The number of aromatic amines is 1. The number of hydrazone groups is 1. The molecule has 2 aromatic heterocycles. The minimum Gasteiger partial charge on any atom is -0.299 e. The van der Waals surface area contributed by atoms with Gasteiger partial charge in [0, 0.05) is 13.6 Å². The molecule has 0 atom stereocenters. The second-order valence-electron chi connectivity index (χ2n) is 5.93. The number of aryl methyl sites for hydroxylation is 1. The third kappa shape index (κ3) is 3.79. The Morgan fingerprint density at radius 2 is 2.07 bits per heavy atom. The zero-order chi connectivity index (χ0) is 19.4. The van der Waals surface area contributed by atoms with E-state index in [2.05, 4.69) is 27.1 Å². The van der Waals surface area contributed by atoms with Crippen LogP contribution >= 0.6 is 0 Å². The van der Waals surface area contributed by atoms with Crippen LogP contribution in [0.5, 0.6) is 0 Å². The first-order valence-corrected chi connectivity index (χ1v) is 8.35. The molecular weight excluding hydrogens is 344 g/mol. The van der Waals surface area contributed by atoms with E-state index in [0.717, 1.165) is 11.3 Å².